The summed E-state index contributed by atoms with van der Waals surface area (Å²) < 4.78 is 26.9. The van der Waals surface area contributed by atoms with E-state index in [1.54, 1.807) is 6.92 Å². The Hall–Kier alpha value is -1.62. The topological polar surface area (TPSA) is 54.7 Å². The minimum atomic E-state index is -0.647. The third kappa shape index (κ3) is 1.86. The molecule has 2 aromatic rings. The van der Waals surface area contributed by atoms with Crippen LogP contribution in [0.5, 0.6) is 0 Å². The van der Waals surface area contributed by atoms with Gasteiger partial charge in [0.1, 0.15) is 11.6 Å². The van der Waals surface area contributed by atoms with Crippen LogP contribution in [-0.2, 0) is 0 Å². The number of anilines is 1. The van der Waals surface area contributed by atoms with Crippen LogP contribution in [0, 0.1) is 18.6 Å². The van der Waals surface area contributed by atoms with Gasteiger partial charge in [-0.25, -0.2) is 8.78 Å². The lowest BCUT2D eigenvalue weighted by molar-refractivity contribution is 0.589. The van der Waals surface area contributed by atoms with Crippen molar-refractivity contribution in [3.8, 4) is 11.1 Å². The molecule has 1 aromatic heterocycles. The number of rotatable bonds is 1. The summed E-state index contributed by atoms with van der Waals surface area (Å²) in [6, 6.07) is 3.67. The molecule has 2 rings (SSSR count). The molecule has 0 fully saturated rings. The number of aryl methyl sites for hydroxylation is 1. The maximum atomic E-state index is 13.4. The summed E-state index contributed by atoms with van der Waals surface area (Å²) in [5, 5.41) is 6.28. The third-order valence-corrected chi connectivity index (χ3v) is 2.19. The van der Waals surface area contributed by atoms with E-state index in [9.17, 15) is 8.78 Å². The van der Waals surface area contributed by atoms with Gasteiger partial charge < -0.3 is 5.73 Å². The molecule has 3 N–H and O–H groups in total. The van der Waals surface area contributed by atoms with Gasteiger partial charge >= 0.3 is 0 Å². The molecule has 3 nitrogen and oxygen atoms in total. The van der Waals surface area contributed by atoms with Crippen molar-refractivity contribution < 1.29 is 8.78 Å². The molecule has 0 aliphatic heterocycles. The van der Waals surface area contributed by atoms with Gasteiger partial charge in [-0.15, -0.1) is 12.4 Å². The Labute approximate surface area is 97.1 Å². The highest BCUT2D eigenvalue weighted by Gasteiger charge is 2.17. The van der Waals surface area contributed by atoms with Crippen LogP contribution in [0.2, 0.25) is 0 Å². The summed E-state index contributed by atoms with van der Waals surface area (Å²) in [6.07, 6.45) is 0. The van der Waals surface area contributed by atoms with Gasteiger partial charge in [-0.3, -0.25) is 5.10 Å². The number of benzene rings is 1. The van der Waals surface area contributed by atoms with E-state index in [1.165, 1.54) is 18.2 Å². The predicted octanol–water partition coefficient (Wildman–Crippen LogP) is 2.67. The monoisotopic (exact) mass is 245 g/mol. The van der Waals surface area contributed by atoms with E-state index < -0.39 is 11.6 Å². The number of aromatic nitrogens is 2. The summed E-state index contributed by atoms with van der Waals surface area (Å²) in [5.74, 6) is -1.20. The van der Waals surface area contributed by atoms with Gasteiger partial charge in [0.25, 0.3) is 0 Å². The Morgan fingerprint density at radius 1 is 1.19 bits per heavy atom. The molecule has 0 saturated heterocycles. The fourth-order valence-electron chi connectivity index (χ4n) is 1.50. The van der Waals surface area contributed by atoms with Crippen molar-refractivity contribution in [2.45, 2.75) is 6.92 Å². The minimum absolute atomic E-state index is 0. The van der Waals surface area contributed by atoms with Crippen LogP contribution >= 0.6 is 12.4 Å². The van der Waals surface area contributed by atoms with E-state index in [0.29, 0.717) is 5.69 Å². The molecule has 0 aliphatic rings. The number of nitrogens with two attached hydrogens (primary N) is 1. The summed E-state index contributed by atoms with van der Waals surface area (Å²) >= 11 is 0. The Morgan fingerprint density at radius 2 is 1.75 bits per heavy atom. The smallest absolute Gasteiger partial charge is 0.153 e. The van der Waals surface area contributed by atoms with Gasteiger partial charge in [-0.2, -0.15) is 5.10 Å². The van der Waals surface area contributed by atoms with Gasteiger partial charge in [-0.05, 0) is 19.1 Å². The summed E-state index contributed by atoms with van der Waals surface area (Å²) in [6.45, 7) is 1.66. The lowest BCUT2D eigenvalue weighted by Crippen LogP contribution is -1.94. The number of halogens is 3. The highest BCUT2D eigenvalue weighted by atomic mass is 35.5. The van der Waals surface area contributed by atoms with Gasteiger partial charge in [-0.1, -0.05) is 6.07 Å². The number of nitrogen functional groups attached to an aromatic ring is 1. The molecule has 0 saturated carbocycles. The van der Waals surface area contributed by atoms with Crippen molar-refractivity contribution >= 4 is 18.2 Å². The largest absolute Gasteiger partial charge is 0.382 e. The SMILES string of the molecule is Cc1[nH]nc(N)c1-c1c(F)cccc1F.Cl. The standard InChI is InChI=1S/C10H9F2N3.ClH/c1-5-8(10(13)15-14-5)9-6(11)3-2-4-7(9)12;/h2-4H,1H3,(H3,13,14,15);1H. The quantitative estimate of drug-likeness (QED) is 0.812. The second-order valence-electron chi connectivity index (χ2n) is 3.21. The number of aromatic amines is 1. The zero-order valence-corrected chi connectivity index (χ0v) is 9.24. The van der Waals surface area contributed by atoms with Crippen molar-refractivity contribution in [2.24, 2.45) is 0 Å². The molecule has 0 unspecified atom stereocenters. The molecule has 6 heteroatoms. The molecule has 0 spiro atoms. The van der Waals surface area contributed by atoms with Crippen LogP contribution in [0.25, 0.3) is 11.1 Å². The van der Waals surface area contributed by atoms with Gasteiger partial charge in [0.05, 0.1) is 11.1 Å². The van der Waals surface area contributed by atoms with Crippen LogP contribution < -0.4 is 5.73 Å². The van der Waals surface area contributed by atoms with Crippen LogP contribution in [0.4, 0.5) is 14.6 Å². The maximum Gasteiger partial charge on any atom is 0.153 e. The Morgan fingerprint density at radius 3 is 2.19 bits per heavy atom. The van der Waals surface area contributed by atoms with Crippen molar-refractivity contribution in [1.29, 1.82) is 0 Å². The van der Waals surface area contributed by atoms with Crippen molar-refractivity contribution in [3.63, 3.8) is 0 Å². The molecule has 0 radical (unpaired) electrons. The predicted molar refractivity (Wildman–Crippen MR) is 60.3 cm³/mol. The first-order valence-electron chi connectivity index (χ1n) is 4.36. The van der Waals surface area contributed by atoms with Crippen LogP contribution in [0.1, 0.15) is 5.69 Å². The Bertz CT molecular complexity index is 471. The molecule has 0 atom stereocenters. The molecule has 0 aliphatic carbocycles. The summed E-state index contributed by atoms with van der Waals surface area (Å²) in [4.78, 5) is 0. The van der Waals surface area contributed by atoms with Crippen LogP contribution in [0.3, 0.4) is 0 Å². The van der Waals surface area contributed by atoms with Crippen LogP contribution in [0.15, 0.2) is 18.2 Å². The number of hydrogen-bond donors (Lipinski definition) is 2. The van der Waals surface area contributed by atoms with Gasteiger partial charge in [0.2, 0.25) is 0 Å². The third-order valence-electron chi connectivity index (χ3n) is 2.19. The van der Waals surface area contributed by atoms with E-state index in [4.69, 9.17) is 5.73 Å². The first-order chi connectivity index (χ1) is 7.11. The van der Waals surface area contributed by atoms with Crippen molar-refractivity contribution in [3.05, 3.63) is 35.5 Å². The van der Waals surface area contributed by atoms with E-state index >= 15 is 0 Å². The Kier molecular flexibility index (Phi) is 3.49. The zero-order valence-electron chi connectivity index (χ0n) is 8.42. The molecule has 1 aromatic carbocycles. The maximum absolute atomic E-state index is 13.4. The average Bonchev–Trinajstić information content (AvgIpc) is 2.49. The van der Waals surface area contributed by atoms with E-state index in [-0.39, 0.29) is 29.4 Å². The summed E-state index contributed by atoms with van der Waals surface area (Å²) in [5.41, 5.74) is 6.22. The highest BCUT2D eigenvalue weighted by molar-refractivity contribution is 5.85. The lowest BCUT2D eigenvalue weighted by Gasteiger charge is -2.04. The number of nitrogens with zero attached hydrogens (tertiary/aromatic N) is 1. The molecule has 86 valence electrons. The molecular weight excluding hydrogens is 236 g/mol. The number of nitrogens with one attached hydrogen (secondary N) is 1. The normalized spacial score (nSPS) is 9.94. The minimum Gasteiger partial charge on any atom is -0.382 e. The lowest BCUT2D eigenvalue weighted by atomic mass is 10.0. The fourth-order valence-corrected chi connectivity index (χ4v) is 1.50. The molecule has 16 heavy (non-hydrogen) atoms. The number of H-pyrrole nitrogens is 1. The second-order valence-corrected chi connectivity index (χ2v) is 3.21. The van der Waals surface area contributed by atoms with Crippen molar-refractivity contribution in [1.82, 2.24) is 10.2 Å². The number of hydrogen-bond acceptors (Lipinski definition) is 2. The van der Waals surface area contributed by atoms with Gasteiger partial charge in [0.15, 0.2) is 5.82 Å². The van der Waals surface area contributed by atoms with Gasteiger partial charge in [0, 0.05) is 5.69 Å². The first kappa shape index (κ1) is 12.4. The van der Waals surface area contributed by atoms with Crippen molar-refractivity contribution in [2.75, 3.05) is 5.73 Å². The average molecular weight is 246 g/mol. The highest BCUT2D eigenvalue weighted by Crippen LogP contribution is 2.31. The summed E-state index contributed by atoms with van der Waals surface area (Å²) in [7, 11) is 0. The van der Waals surface area contributed by atoms with E-state index in [1.807, 2.05) is 0 Å². The molecule has 0 amide bonds. The molecular formula is C10H10ClF2N3. The second kappa shape index (κ2) is 4.49. The van der Waals surface area contributed by atoms with Crippen LogP contribution in [-0.4, -0.2) is 10.2 Å². The Balaban J connectivity index is 0.00000128. The fraction of sp³-hybridized carbons (Fsp3) is 0.100. The molecule has 1 heterocycles. The van der Waals surface area contributed by atoms with E-state index in [0.717, 1.165) is 0 Å². The van der Waals surface area contributed by atoms with E-state index in [2.05, 4.69) is 10.2 Å². The zero-order chi connectivity index (χ0) is 11.0. The first-order valence-corrected chi connectivity index (χ1v) is 4.36. The molecule has 0 bridgehead atoms.